The average Bonchev–Trinajstić information content (AvgIpc) is 3.59. The number of amides is 2. The summed E-state index contributed by atoms with van der Waals surface area (Å²) in [5.41, 5.74) is 2.77. The number of anilines is 2. The highest BCUT2D eigenvalue weighted by Gasteiger charge is 2.26. The highest BCUT2D eigenvalue weighted by atomic mass is 32.1. The van der Waals surface area contributed by atoms with Crippen LogP contribution in [0.25, 0.3) is 20.4 Å². The molecular weight excluding hydrogens is 506 g/mol. The molecule has 200 valence electrons. The molecule has 2 aliphatic rings. The summed E-state index contributed by atoms with van der Waals surface area (Å²) >= 11 is 3.14. The van der Waals surface area contributed by atoms with Gasteiger partial charge in [0.25, 0.3) is 0 Å². The second kappa shape index (κ2) is 10.7. The van der Waals surface area contributed by atoms with Crippen molar-refractivity contribution in [3.05, 3.63) is 11.6 Å². The molecule has 2 saturated heterocycles. The number of hydrogen-bond acceptors (Lipinski definition) is 9. The Bertz CT molecular complexity index is 1280. The number of nitrogens with zero attached hydrogens (tertiary/aromatic N) is 4. The third-order valence-electron chi connectivity index (χ3n) is 7.13. The average molecular weight is 544 g/mol. The molecule has 3 N–H and O–H groups in total. The fourth-order valence-corrected chi connectivity index (χ4v) is 7.02. The summed E-state index contributed by atoms with van der Waals surface area (Å²) in [6.07, 6.45) is 4.16. The maximum atomic E-state index is 12.5. The first-order valence-corrected chi connectivity index (χ1v) is 14.8. The smallest absolute Gasteiger partial charge is 0.241 e. The number of carbonyl (C=O) groups is 2. The van der Waals surface area contributed by atoms with Gasteiger partial charge in [-0.15, -0.1) is 0 Å². The van der Waals surface area contributed by atoms with Gasteiger partial charge in [0.2, 0.25) is 11.8 Å². The van der Waals surface area contributed by atoms with E-state index in [9.17, 15) is 9.59 Å². The van der Waals surface area contributed by atoms with Crippen molar-refractivity contribution in [2.45, 2.75) is 57.9 Å². The van der Waals surface area contributed by atoms with Crippen LogP contribution in [0.5, 0.6) is 0 Å². The Kier molecular flexibility index (Phi) is 7.56. The number of benzene rings is 1. The number of hydrogen-bond donors (Lipinski definition) is 3. The standard InChI is InChI=1S/C26H37N7O2S2/c1-26(2,3)21-22-17(36-24(30-22)27-14-19(34)29-16-7-11-32(4)12-8-16)13-18-23(21)31-25(37-18)28-15-20(35)33-9-5-6-10-33/h13,16H,5-12,14-15H2,1-4H3,(H,27,30)(H,28,31)(H,29,34). The molecular formula is C26H37N7O2S2. The zero-order valence-corrected chi connectivity index (χ0v) is 23.8. The minimum absolute atomic E-state index is 0.00620. The molecule has 0 atom stereocenters. The van der Waals surface area contributed by atoms with Crippen LogP contribution in [0.3, 0.4) is 0 Å². The van der Waals surface area contributed by atoms with Crippen LogP contribution in [-0.4, -0.2) is 83.9 Å². The molecule has 11 heteroatoms. The van der Waals surface area contributed by atoms with E-state index in [2.05, 4.69) is 54.7 Å². The van der Waals surface area contributed by atoms with Crippen LogP contribution < -0.4 is 16.0 Å². The van der Waals surface area contributed by atoms with Crippen LogP contribution in [0.1, 0.15) is 52.0 Å². The lowest BCUT2D eigenvalue weighted by Gasteiger charge is -2.29. The van der Waals surface area contributed by atoms with Crippen LogP contribution >= 0.6 is 22.7 Å². The van der Waals surface area contributed by atoms with Crippen molar-refractivity contribution in [1.29, 1.82) is 0 Å². The van der Waals surface area contributed by atoms with Gasteiger partial charge in [-0.1, -0.05) is 43.4 Å². The van der Waals surface area contributed by atoms with Crippen molar-refractivity contribution in [2.24, 2.45) is 0 Å². The third kappa shape index (κ3) is 5.99. The Morgan fingerprint density at radius 2 is 1.51 bits per heavy atom. The van der Waals surface area contributed by atoms with E-state index in [1.165, 1.54) is 0 Å². The summed E-state index contributed by atoms with van der Waals surface area (Å²) < 4.78 is 2.14. The highest BCUT2D eigenvalue weighted by molar-refractivity contribution is 7.24. The molecule has 5 rings (SSSR count). The lowest BCUT2D eigenvalue weighted by Crippen LogP contribution is -2.45. The van der Waals surface area contributed by atoms with Crippen LogP contribution in [0.4, 0.5) is 10.3 Å². The molecule has 0 saturated carbocycles. The normalized spacial score (nSPS) is 17.6. The predicted octanol–water partition coefficient (Wildman–Crippen LogP) is 3.86. The molecule has 2 aliphatic heterocycles. The first-order chi connectivity index (χ1) is 17.7. The van der Waals surface area contributed by atoms with Gasteiger partial charge in [0.15, 0.2) is 10.3 Å². The molecule has 2 fully saturated rings. The zero-order chi connectivity index (χ0) is 26.2. The largest absolute Gasteiger partial charge is 0.352 e. The number of fused-ring (bicyclic) bond motifs is 2. The summed E-state index contributed by atoms with van der Waals surface area (Å²) in [4.78, 5) is 39.0. The number of piperidine rings is 1. The van der Waals surface area contributed by atoms with E-state index in [1.54, 1.807) is 22.7 Å². The van der Waals surface area contributed by atoms with Crippen molar-refractivity contribution in [3.63, 3.8) is 0 Å². The molecule has 0 radical (unpaired) electrons. The van der Waals surface area contributed by atoms with Crippen molar-refractivity contribution in [2.75, 3.05) is 56.9 Å². The highest BCUT2D eigenvalue weighted by Crippen LogP contribution is 2.42. The molecule has 0 aliphatic carbocycles. The lowest BCUT2D eigenvalue weighted by molar-refractivity contribution is -0.128. The molecule has 1 aromatic carbocycles. The number of nitrogens with one attached hydrogen (secondary N) is 3. The van der Waals surface area contributed by atoms with Crippen molar-refractivity contribution in [1.82, 2.24) is 25.1 Å². The molecule has 2 aromatic heterocycles. The van der Waals surface area contributed by atoms with Crippen molar-refractivity contribution in [3.8, 4) is 0 Å². The second-order valence-corrected chi connectivity index (χ2v) is 13.2. The van der Waals surface area contributed by atoms with E-state index in [0.29, 0.717) is 0 Å². The summed E-state index contributed by atoms with van der Waals surface area (Å²) in [5, 5.41) is 11.2. The topological polar surface area (TPSA) is 102 Å². The molecule has 3 aromatic rings. The van der Waals surface area contributed by atoms with E-state index in [1.807, 2.05) is 4.90 Å². The monoisotopic (exact) mass is 543 g/mol. The van der Waals surface area contributed by atoms with E-state index in [0.717, 1.165) is 88.1 Å². The first kappa shape index (κ1) is 26.1. The number of rotatable bonds is 7. The fourth-order valence-electron chi connectivity index (χ4n) is 5.13. The Hall–Kier alpha value is -2.50. The van der Waals surface area contributed by atoms with Gasteiger partial charge in [-0.3, -0.25) is 9.59 Å². The Morgan fingerprint density at radius 3 is 2.08 bits per heavy atom. The van der Waals surface area contributed by atoms with Crippen LogP contribution in [0.2, 0.25) is 0 Å². The van der Waals surface area contributed by atoms with Crippen LogP contribution in [-0.2, 0) is 15.0 Å². The summed E-state index contributed by atoms with van der Waals surface area (Å²) in [6.45, 7) is 10.7. The summed E-state index contributed by atoms with van der Waals surface area (Å²) in [6, 6.07) is 2.38. The van der Waals surface area contributed by atoms with Gasteiger partial charge < -0.3 is 25.8 Å². The van der Waals surface area contributed by atoms with E-state index < -0.39 is 0 Å². The minimum atomic E-state index is -0.175. The predicted molar refractivity (Wildman–Crippen MR) is 153 cm³/mol. The maximum Gasteiger partial charge on any atom is 0.241 e. The van der Waals surface area contributed by atoms with Crippen LogP contribution in [0.15, 0.2) is 6.07 Å². The molecule has 0 unspecified atom stereocenters. The Balaban J connectivity index is 1.31. The Morgan fingerprint density at radius 1 is 0.946 bits per heavy atom. The van der Waals surface area contributed by atoms with Gasteiger partial charge in [0, 0.05) is 24.7 Å². The molecule has 37 heavy (non-hydrogen) atoms. The minimum Gasteiger partial charge on any atom is -0.352 e. The summed E-state index contributed by atoms with van der Waals surface area (Å²) in [7, 11) is 2.12. The van der Waals surface area contributed by atoms with Gasteiger partial charge in [-0.2, -0.15) is 0 Å². The molecule has 9 nitrogen and oxygen atoms in total. The van der Waals surface area contributed by atoms with Gasteiger partial charge in [0.05, 0.1) is 33.5 Å². The SMILES string of the molecule is CN1CCC(NC(=O)CNc2nc3c(C(C)(C)C)c4nc(NCC(=O)N5CCCC5)sc4cc3s2)CC1. The molecule has 4 heterocycles. The zero-order valence-electron chi connectivity index (χ0n) is 22.1. The second-order valence-electron chi connectivity index (χ2n) is 11.2. The molecule has 0 spiro atoms. The summed E-state index contributed by atoms with van der Waals surface area (Å²) in [5.74, 6) is 0.137. The lowest BCUT2D eigenvalue weighted by atomic mass is 9.85. The van der Waals surface area contributed by atoms with Gasteiger partial charge in [0.1, 0.15) is 0 Å². The molecule has 2 amide bonds. The number of aromatic nitrogens is 2. The first-order valence-electron chi connectivity index (χ1n) is 13.2. The van der Waals surface area contributed by atoms with Crippen LogP contribution in [0, 0.1) is 0 Å². The van der Waals surface area contributed by atoms with Crippen molar-refractivity contribution >= 4 is 65.2 Å². The van der Waals surface area contributed by atoms with Gasteiger partial charge in [-0.25, -0.2) is 9.97 Å². The number of thiazole rings is 2. The van der Waals surface area contributed by atoms with E-state index in [-0.39, 0.29) is 36.4 Å². The van der Waals surface area contributed by atoms with Crippen molar-refractivity contribution < 1.29 is 9.59 Å². The maximum absolute atomic E-state index is 12.5. The van der Waals surface area contributed by atoms with E-state index in [4.69, 9.17) is 9.97 Å². The number of likely N-dealkylation sites (tertiary alicyclic amines) is 2. The Labute approximate surface area is 226 Å². The quantitative estimate of drug-likeness (QED) is 0.416. The number of carbonyl (C=O) groups excluding carboxylic acids is 2. The van der Waals surface area contributed by atoms with Gasteiger partial charge in [-0.05, 0) is 57.3 Å². The molecule has 0 bridgehead atoms. The van der Waals surface area contributed by atoms with E-state index >= 15 is 0 Å². The third-order valence-corrected chi connectivity index (χ3v) is 9.05. The fraction of sp³-hybridized carbons (Fsp3) is 0.615. The van der Waals surface area contributed by atoms with Gasteiger partial charge >= 0.3 is 0 Å².